The lowest BCUT2D eigenvalue weighted by Crippen LogP contribution is -2.26. The van der Waals surface area contributed by atoms with Crippen molar-refractivity contribution in [3.8, 4) is 5.75 Å². The van der Waals surface area contributed by atoms with Gasteiger partial charge in [0.15, 0.2) is 23.3 Å². The van der Waals surface area contributed by atoms with Crippen molar-refractivity contribution in [3.05, 3.63) is 76.4 Å². The summed E-state index contributed by atoms with van der Waals surface area (Å²) in [5.41, 5.74) is -1.59. The first-order valence-corrected chi connectivity index (χ1v) is 9.76. The van der Waals surface area contributed by atoms with Crippen LogP contribution in [0.2, 0.25) is 0 Å². The van der Waals surface area contributed by atoms with Gasteiger partial charge in [-0.2, -0.15) is 10.1 Å². The van der Waals surface area contributed by atoms with E-state index in [1.165, 1.54) is 6.08 Å². The van der Waals surface area contributed by atoms with E-state index in [-0.39, 0.29) is 11.3 Å². The summed E-state index contributed by atoms with van der Waals surface area (Å²) < 4.78 is 62.3. The van der Waals surface area contributed by atoms with Gasteiger partial charge in [0.2, 0.25) is 0 Å². The first kappa shape index (κ1) is 23.2. The van der Waals surface area contributed by atoms with E-state index in [1.807, 2.05) is 0 Å². The number of allylic oxidation sites excluding steroid dienone is 2. The molecule has 1 aliphatic heterocycles. The number of hydrogen-bond donors (Lipinski definition) is 0. The van der Waals surface area contributed by atoms with Crippen molar-refractivity contribution < 1.29 is 27.1 Å². The molecule has 0 saturated heterocycles. The first-order chi connectivity index (χ1) is 15.0. The van der Waals surface area contributed by atoms with Gasteiger partial charge in [0.25, 0.3) is 5.91 Å². The minimum atomic E-state index is -1.68. The number of ether oxygens (including phenoxy) is 1. The van der Waals surface area contributed by atoms with Crippen LogP contribution in [0.5, 0.6) is 5.75 Å². The van der Waals surface area contributed by atoms with E-state index in [9.17, 15) is 22.4 Å². The van der Waals surface area contributed by atoms with E-state index in [0.717, 1.165) is 12.5 Å². The van der Waals surface area contributed by atoms with Crippen LogP contribution in [0.3, 0.4) is 0 Å². The number of nitrogens with zero attached hydrogens (tertiary/aromatic N) is 2. The Morgan fingerprint density at radius 3 is 2.03 bits per heavy atom. The Kier molecular flexibility index (Phi) is 6.25. The van der Waals surface area contributed by atoms with E-state index in [2.05, 4.69) is 5.10 Å². The van der Waals surface area contributed by atoms with Gasteiger partial charge in [0.1, 0.15) is 11.4 Å². The minimum Gasteiger partial charge on any atom is -0.497 e. The predicted octanol–water partition coefficient (Wildman–Crippen LogP) is 5.95. The molecule has 8 heteroatoms. The Morgan fingerprint density at radius 2 is 1.53 bits per heavy atom. The average molecular weight is 446 g/mol. The fourth-order valence-corrected chi connectivity index (χ4v) is 3.16. The zero-order valence-electron chi connectivity index (χ0n) is 18.3. The third kappa shape index (κ3) is 4.17. The van der Waals surface area contributed by atoms with E-state index in [1.54, 1.807) is 64.3 Å². The SMILES string of the molecule is COc1ccc(/C=C/C=C2\C(=O)N(c3c(F)c(F)c(C)c(F)c3F)N=C2C(C)(C)C)cc1. The maximum atomic E-state index is 14.5. The van der Waals surface area contributed by atoms with Crippen molar-refractivity contribution >= 4 is 23.4 Å². The van der Waals surface area contributed by atoms with Crippen molar-refractivity contribution in [2.24, 2.45) is 10.5 Å². The normalized spacial score (nSPS) is 15.8. The van der Waals surface area contributed by atoms with Gasteiger partial charge < -0.3 is 4.74 Å². The molecule has 32 heavy (non-hydrogen) atoms. The number of carbonyl (C=O) groups is 1. The highest BCUT2D eigenvalue weighted by Gasteiger charge is 2.40. The lowest BCUT2D eigenvalue weighted by molar-refractivity contribution is -0.114. The Morgan fingerprint density at radius 1 is 0.969 bits per heavy atom. The van der Waals surface area contributed by atoms with Crippen LogP contribution in [0, 0.1) is 35.6 Å². The highest BCUT2D eigenvalue weighted by atomic mass is 19.2. The average Bonchev–Trinajstić information content (AvgIpc) is 3.08. The van der Waals surface area contributed by atoms with Crippen molar-refractivity contribution in [1.29, 1.82) is 0 Å². The molecule has 1 amide bonds. The zero-order valence-corrected chi connectivity index (χ0v) is 18.3. The fourth-order valence-electron chi connectivity index (χ4n) is 3.16. The molecule has 0 unspecified atom stereocenters. The van der Waals surface area contributed by atoms with Crippen molar-refractivity contribution in [3.63, 3.8) is 0 Å². The van der Waals surface area contributed by atoms with Crippen LogP contribution in [0.4, 0.5) is 23.2 Å². The Bertz CT molecular complexity index is 1130. The molecule has 2 aromatic carbocycles. The summed E-state index contributed by atoms with van der Waals surface area (Å²) in [6.45, 7) is 6.18. The van der Waals surface area contributed by atoms with Gasteiger partial charge in [-0.3, -0.25) is 4.79 Å². The summed E-state index contributed by atoms with van der Waals surface area (Å²) in [5, 5.41) is 4.42. The molecule has 4 nitrogen and oxygen atoms in total. The van der Waals surface area contributed by atoms with Crippen LogP contribution >= 0.6 is 0 Å². The van der Waals surface area contributed by atoms with Crippen molar-refractivity contribution in [2.75, 3.05) is 12.1 Å². The largest absolute Gasteiger partial charge is 0.497 e. The number of amides is 1. The number of methoxy groups -OCH3 is 1. The van der Waals surface area contributed by atoms with Gasteiger partial charge in [-0.05, 0) is 30.7 Å². The lowest BCUT2D eigenvalue weighted by atomic mass is 9.85. The monoisotopic (exact) mass is 446 g/mol. The maximum Gasteiger partial charge on any atom is 0.280 e. The molecular formula is C24H22F4N2O2. The van der Waals surface area contributed by atoms with Gasteiger partial charge >= 0.3 is 0 Å². The molecule has 168 valence electrons. The second-order valence-electron chi connectivity index (χ2n) is 8.26. The molecule has 0 fully saturated rings. The van der Waals surface area contributed by atoms with Gasteiger partial charge in [-0.25, -0.2) is 17.6 Å². The number of benzene rings is 2. The van der Waals surface area contributed by atoms with Crippen LogP contribution in [0.1, 0.15) is 31.9 Å². The Labute approximate surface area is 183 Å². The smallest absolute Gasteiger partial charge is 0.280 e. The van der Waals surface area contributed by atoms with Crippen LogP contribution in [0.15, 0.2) is 47.1 Å². The summed E-state index contributed by atoms with van der Waals surface area (Å²) in [4.78, 5) is 13.0. The Balaban J connectivity index is 2.05. The maximum absolute atomic E-state index is 14.5. The van der Waals surface area contributed by atoms with E-state index in [4.69, 9.17) is 4.74 Å². The summed E-state index contributed by atoms with van der Waals surface area (Å²) in [6, 6.07) is 7.14. The van der Waals surface area contributed by atoms with E-state index in [0.29, 0.717) is 10.8 Å². The third-order valence-corrected chi connectivity index (χ3v) is 4.93. The standard InChI is InChI=1S/C24H22F4N2O2/c1-13-17(25)19(27)21(20(28)18(13)26)30-23(31)16(22(29-30)24(2,3)4)8-6-7-14-9-11-15(32-5)12-10-14/h6-12H,1-5H3/b7-6+,16-8-. The van der Waals surface area contributed by atoms with Gasteiger partial charge in [0, 0.05) is 11.0 Å². The van der Waals surface area contributed by atoms with Crippen LogP contribution in [-0.4, -0.2) is 18.7 Å². The molecule has 0 atom stereocenters. The molecule has 0 saturated carbocycles. The summed E-state index contributed by atoms with van der Waals surface area (Å²) >= 11 is 0. The number of anilines is 1. The molecular weight excluding hydrogens is 424 g/mol. The molecule has 0 N–H and O–H groups in total. The summed E-state index contributed by atoms with van der Waals surface area (Å²) in [6.07, 6.45) is 4.76. The van der Waals surface area contributed by atoms with Crippen LogP contribution in [-0.2, 0) is 4.79 Å². The Hall–Kier alpha value is -3.42. The molecule has 0 bridgehead atoms. The number of halogens is 4. The number of rotatable bonds is 4. The van der Waals surface area contributed by atoms with Crippen LogP contribution < -0.4 is 9.75 Å². The van der Waals surface area contributed by atoms with Crippen LogP contribution in [0.25, 0.3) is 6.08 Å². The molecule has 0 aliphatic carbocycles. The predicted molar refractivity (Wildman–Crippen MR) is 115 cm³/mol. The van der Waals surface area contributed by atoms with Crippen molar-refractivity contribution in [1.82, 2.24) is 0 Å². The van der Waals surface area contributed by atoms with Gasteiger partial charge in [0.05, 0.1) is 18.4 Å². The van der Waals surface area contributed by atoms with E-state index >= 15 is 0 Å². The van der Waals surface area contributed by atoms with Crippen molar-refractivity contribution in [2.45, 2.75) is 27.7 Å². The summed E-state index contributed by atoms with van der Waals surface area (Å²) in [5.74, 6) is -6.71. The molecule has 3 rings (SSSR count). The molecule has 0 radical (unpaired) electrons. The second-order valence-corrected chi connectivity index (χ2v) is 8.26. The number of hydrazone groups is 1. The number of carbonyl (C=O) groups excluding carboxylic acids is 1. The topological polar surface area (TPSA) is 41.9 Å². The fraction of sp³-hybridized carbons (Fsp3) is 0.250. The molecule has 0 spiro atoms. The minimum absolute atomic E-state index is 0.0578. The zero-order chi connectivity index (χ0) is 23.8. The number of hydrogen-bond acceptors (Lipinski definition) is 3. The molecule has 2 aromatic rings. The van der Waals surface area contributed by atoms with E-state index < -0.39 is 45.8 Å². The van der Waals surface area contributed by atoms with Gasteiger partial charge in [-0.15, -0.1) is 0 Å². The lowest BCUT2D eigenvalue weighted by Gasteiger charge is -2.17. The first-order valence-electron chi connectivity index (χ1n) is 9.76. The molecule has 1 heterocycles. The highest BCUT2D eigenvalue weighted by Crippen LogP contribution is 2.36. The van der Waals surface area contributed by atoms with Gasteiger partial charge in [-0.1, -0.05) is 45.1 Å². The summed E-state index contributed by atoms with van der Waals surface area (Å²) in [7, 11) is 1.55. The molecule has 0 aromatic heterocycles. The molecule has 1 aliphatic rings. The highest BCUT2D eigenvalue weighted by molar-refractivity contribution is 6.31. The second kappa shape index (κ2) is 8.61. The third-order valence-electron chi connectivity index (χ3n) is 4.93. The quantitative estimate of drug-likeness (QED) is 0.331.